The van der Waals surface area contributed by atoms with Crippen LogP contribution in [0.2, 0.25) is 0 Å². The molecule has 0 aliphatic carbocycles. The summed E-state index contributed by atoms with van der Waals surface area (Å²) in [5.74, 6) is -0.108. The van der Waals surface area contributed by atoms with E-state index in [1.54, 1.807) is 13.0 Å². The number of ether oxygens (including phenoxy) is 1. The minimum Gasteiger partial charge on any atom is -0.374 e. The van der Waals surface area contributed by atoms with Crippen molar-refractivity contribution in [2.45, 2.75) is 32.3 Å². The molecule has 1 unspecified atom stereocenters. The molecule has 0 spiro atoms. The van der Waals surface area contributed by atoms with Gasteiger partial charge in [-0.3, -0.25) is 4.79 Å². The first-order chi connectivity index (χ1) is 10.1. The van der Waals surface area contributed by atoms with Gasteiger partial charge in [-0.05, 0) is 49.9 Å². The van der Waals surface area contributed by atoms with E-state index in [1.807, 2.05) is 6.07 Å². The van der Waals surface area contributed by atoms with E-state index in [4.69, 9.17) is 4.74 Å². The van der Waals surface area contributed by atoms with Crippen LogP contribution in [0.1, 0.15) is 25.3 Å². The van der Waals surface area contributed by atoms with Crippen LogP contribution in [0, 0.1) is 0 Å². The molecule has 1 aromatic rings. The van der Waals surface area contributed by atoms with Crippen LogP contribution in [0.3, 0.4) is 0 Å². The van der Waals surface area contributed by atoms with Crippen molar-refractivity contribution in [2.75, 3.05) is 30.4 Å². The number of hydrogen-bond acceptors (Lipinski definition) is 3. The summed E-state index contributed by atoms with van der Waals surface area (Å²) in [6.07, 6.45) is 4.30. The molecule has 0 fully saturated rings. The average molecular weight is 288 g/mol. The number of hydrogen-bond donors (Lipinski definition) is 1. The molecule has 1 aliphatic heterocycles. The molecule has 1 atom stereocenters. The van der Waals surface area contributed by atoms with Gasteiger partial charge in [-0.15, -0.1) is 6.58 Å². The predicted octanol–water partition coefficient (Wildman–Crippen LogP) is 2.99. The molecule has 1 N–H and O–H groups in total. The first-order valence-corrected chi connectivity index (χ1v) is 7.49. The molecule has 4 heteroatoms. The zero-order valence-electron chi connectivity index (χ0n) is 12.9. The van der Waals surface area contributed by atoms with E-state index in [0.717, 1.165) is 31.5 Å². The molecule has 0 aromatic heterocycles. The molecular weight excluding hydrogens is 264 g/mol. The number of carbonyl (C=O) groups is 1. The molecular formula is C17H24N2O2. The zero-order chi connectivity index (χ0) is 15.2. The van der Waals surface area contributed by atoms with Crippen molar-refractivity contribution < 1.29 is 9.53 Å². The number of aryl methyl sites for hydroxylation is 1. The van der Waals surface area contributed by atoms with Crippen LogP contribution in [0.4, 0.5) is 11.4 Å². The Kier molecular flexibility index (Phi) is 5.39. The Morgan fingerprint density at radius 1 is 1.57 bits per heavy atom. The number of rotatable bonds is 6. The van der Waals surface area contributed by atoms with Crippen molar-refractivity contribution in [3.63, 3.8) is 0 Å². The number of carbonyl (C=O) groups excluding carboxylic acids is 1. The number of benzene rings is 1. The second kappa shape index (κ2) is 7.27. The van der Waals surface area contributed by atoms with Gasteiger partial charge in [-0.25, -0.2) is 0 Å². The van der Waals surface area contributed by atoms with Crippen molar-refractivity contribution in [2.24, 2.45) is 0 Å². The molecule has 1 aromatic carbocycles. The molecule has 114 valence electrons. The smallest absolute Gasteiger partial charge is 0.253 e. The molecule has 0 saturated heterocycles. The lowest BCUT2D eigenvalue weighted by molar-refractivity contribution is -0.126. The van der Waals surface area contributed by atoms with Crippen LogP contribution in [0.15, 0.2) is 30.9 Å². The van der Waals surface area contributed by atoms with Gasteiger partial charge in [0.25, 0.3) is 5.91 Å². The highest BCUT2D eigenvalue weighted by atomic mass is 16.5. The van der Waals surface area contributed by atoms with E-state index < -0.39 is 6.10 Å². The van der Waals surface area contributed by atoms with Gasteiger partial charge in [-0.2, -0.15) is 0 Å². The quantitative estimate of drug-likeness (QED) is 0.646. The van der Waals surface area contributed by atoms with Gasteiger partial charge in [0.2, 0.25) is 0 Å². The van der Waals surface area contributed by atoms with Crippen molar-refractivity contribution in [3.8, 4) is 0 Å². The summed E-state index contributed by atoms with van der Waals surface area (Å²) >= 11 is 0. The molecule has 1 heterocycles. The highest BCUT2D eigenvalue weighted by molar-refractivity contribution is 5.94. The van der Waals surface area contributed by atoms with Gasteiger partial charge in [0, 0.05) is 25.0 Å². The maximum atomic E-state index is 12.1. The van der Waals surface area contributed by atoms with Crippen LogP contribution in [0.5, 0.6) is 0 Å². The largest absolute Gasteiger partial charge is 0.374 e. The molecule has 2 rings (SSSR count). The van der Waals surface area contributed by atoms with Gasteiger partial charge in [0.1, 0.15) is 6.10 Å². The van der Waals surface area contributed by atoms with Crippen LogP contribution < -0.4 is 10.2 Å². The summed E-state index contributed by atoms with van der Waals surface area (Å²) in [5, 5.41) is 2.93. The van der Waals surface area contributed by atoms with Crippen molar-refractivity contribution in [3.05, 3.63) is 36.4 Å². The summed E-state index contributed by atoms with van der Waals surface area (Å²) in [6.45, 7) is 7.01. The fraction of sp³-hybridized carbons (Fsp3) is 0.471. The third-order valence-corrected chi connectivity index (χ3v) is 3.76. The molecule has 1 aliphatic rings. The Bertz CT molecular complexity index is 514. The first-order valence-electron chi connectivity index (χ1n) is 7.49. The van der Waals surface area contributed by atoms with Gasteiger partial charge >= 0.3 is 0 Å². The highest BCUT2D eigenvalue weighted by Crippen LogP contribution is 2.28. The summed E-state index contributed by atoms with van der Waals surface area (Å²) in [5.41, 5.74) is 3.39. The minimum atomic E-state index is -0.455. The zero-order valence-corrected chi connectivity index (χ0v) is 12.9. The van der Waals surface area contributed by atoms with Crippen molar-refractivity contribution in [1.29, 1.82) is 0 Å². The maximum Gasteiger partial charge on any atom is 0.253 e. The lowest BCUT2D eigenvalue weighted by atomic mass is 10.0. The molecule has 4 nitrogen and oxygen atoms in total. The Balaban J connectivity index is 1.96. The highest BCUT2D eigenvalue weighted by Gasteiger charge is 2.16. The lowest BCUT2D eigenvalue weighted by Gasteiger charge is -2.28. The van der Waals surface area contributed by atoms with Crippen LogP contribution in [-0.4, -0.2) is 32.2 Å². The van der Waals surface area contributed by atoms with Gasteiger partial charge in [0.05, 0.1) is 6.61 Å². The molecule has 0 bridgehead atoms. The topological polar surface area (TPSA) is 41.6 Å². The fourth-order valence-electron chi connectivity index (χ4n) is 2.51. The van der Waals surface area contributed by atoms with E-state index >= 15 is 0 Å². The summed E-state index contributed by atoms with van der Waals surface area (Å²) in [4.78, 5) is 14.3. The third kappa shape index (κ3) is 4.08. The second-order valence-corrected chi connectivity index (χ2v) is 5.45. The monoisotopic (exact) mass is 288 g/mol. The number of nitrogens with zero attached hydrogens (tertiary/aromatic N) is 1. The van der Waals surface area contributed by atoms with E-state index in [1.165, 1.54) is 11.3 Å². The summed E-state index contributed by atoms with van der Waals surface area (Å²) in [6, 6.07) is 6.10. The Labute approximate surface area is 126 Å². The Morgan fingerprint density at radius 3 is 3.14 bits per heavy atom. The fourth-order valence-corrected chi connectivity index (χ4v) is 2.51. The van der Waals surface area contributed by atoms with E-state index in [9.17, 15) is 4.79 Å². The number of nitrogens with one attached hydrogen (secondary N) is 1. The lowest BCUT2D eigenvalue weighted by Crippen LogP contribution is -2.28. The summed E-state index contributed by atoms with van der Waals surface area (Å²) in [7, 11) is 2.10. The number of amides is 1. The standard InChI is InChI=1S/C17H24N2O2/c1-4-5-11-21-13(2)17(20)18-15-8-9-16-14(12-15)7-6-10-19(16)3/h4,8-9,12-13H,1,5-7,10-11H2,2-3H3,(H,18,20). The van der Waals surface area contributed by atoms with Crippen LogP contribution in [0.25, 0.3) is 0 Å². The number of fused-ring (bicyclic) bond motifs is 1. The molecule has 1 amide bonds. The van der Waals surface area contributed by atoms with Crippen molar-refractivity contribution >= 4 is 17.3 Å². The Hall–Kier alpha value is -1.81. The predicted molar refractivity (Wildman–Crippen MR) is 86.9 cm³/mol. The maximum absolute atomic E-state index is 12.1. The average Bonchev–Trinajstić information content (AvgIpc) is 2.47. The normalized spacial score (nSPS) is 15.2. The molecule has 0 saturated carbocycles. The summed E-state index contributed by atoms with van der Waals surface area (Å²) < 4.78 is 5.45. The van der Waals surface area contributed by atoms with E-state index in [2.05, 4.69) is 36.0 Å². The minimum absolute atomic E-state index is 0.108. The SMILES string of the molecule is C=CCCOC(C)C(=O)Nc1ccc2c(c1)CCCN2C. The molecule has 21 heavy (non-hydrogen) atoms. The van der Waals surface area contributed by atoms with Gasteiger partial charge in [0.15, 0.2) is 0 Å². The third-order valence-electron chi connectivity index (χ3n) is 3.76. The van der Waals surface area contributed by atoms with E-state index in [0.29, 0.717) is 6.61 Å². The van der Waals surface area contributed by atoms with Crippen LogP contribution >= 0.6 is 0 Å². The first kappa shape index (κ1) is 15.6. The van der Waals surface area contributed by atoms with E-state index in [-0.39, 0.29) is 5.91 Å². The van der Waals surface area contributed by atoms with Crippen molar-refractivity contribution in [1.82, 2.24) is 0 Å². The number of anilines is 2. The van der Waals surface area contributed by atoms with Gasteiger partial charge < -0.3 is 15.0 Å². The van der Waals surface area contributed by atoms with Gasteiger partial charge in [-0.1, -0.05) is 6.08 Å². The Morgan fingerprint density at radius 2 is 2.38 bits per heavy atom. The molecule has 0 radical (unpaired) electrons. The second-order valence-electron chi connectivity index (χ2n) is 5.45. The van der Waals surface area contributed by atoms with Crippen LogP contribution in [-0.2, 0) is 16.0 Å².